The van der Waals surface area contributed by atoms with E-state index in [1.54, 1.807) is 0 Å². The van der Waals surface area contributed by atoms with Gasteiger partial charge in [-0.25, -0.2) is 0 Å². The van der Waals surface area contributed by atoms with Crippen molar-refractivity contribution in [1.82, 2.24) is 9.88 Å². The molecule has 16 heavy (non-hydrogen) atoms. The molecule has 0 atom stereocenters. The summed E-state index contributed by atoms with van der Waals surface area (Å²) in [5, 5.41) is 4.97. The van der Waals surface area contributed by atoms with Crippen LogP contribution in [0.25, 0.3) is 10.9 Å². The zero-order chi connectivity index (χ0) is 11.0. The van der Waals surface area contributed by atoms with E-state index in [0.717, 1.165) is 19.0 Å². The number of benzene rings is 1. The second-order valence-corrected chi connectivity index (χ2v) is 4.76. The molecule has 0 amide bonds. The van der Waals surface area contributed by atoms with Gasteiger partial charge in [-0.2, -0.15) is 0 Å². The molecule has 2 nitrogen and oxygen atoms in total. The Labute approximate surface area is 96.3 Å². The van der Waals surface area contributed by atoms with Gasteiger partial charge in [0.05, 0.1) is 0 Å². The summed E-state index contributed by atoms with van der Waals surface area (Å²) in [7, 11) is 2.13. The topological polar surface area (TPSA) is 17.0 Å². The van der Waals surface area contributed by atoms with Crippen molar-refractivity contribution < 1.29 is 0 Å². The molecule has 84 valence electrons. The second-order valence-electron chi connectivity index (χ2n) is 4.76. The van der Waals surface area contributed by atoms with Gasteiger partial charge >= 0.3 is 0 Å². The quantitative estimate of drug-likeness (QED) is 0.827. The lowest BCUT2D eigenvalue weighted by Crippen LogP contribution is -2.19. The van der Waals surface area contributed by atoms with Crippen LogP contribution in [-0.2, 0) is 13.5 Å². The molecule has 1 aliphatic rings. The molecular formula is C14H18N2. The third kappa shape index (κ3) is 1.85. The third-order valence-electron chi connectivity index (χ3n) is 3.38. The normalized spacial score (nSPS) is 15.8. The third-order valence-corrected chi connectivity index (χ3v) is 3.38. The summed E-state index contributed by atoms with van der Waals surface area (Å²) in [5.74, 6) is 0. The molecule has 1 aromatic carbocycles. The molecule has 0 bridgehead atoms. The van der Waals surface area contributed by atoms with Crippen LogP contribution < -0.4 is 5.32 Å². The van der Waals surface area contributed by atoms with E-state index in [1.807, 2.05) is 0 Å². The number of aromatic nitrogens is 1. The first-order chi connectivity index (χ1) is 7.84. The fourth-order valence-corrected chi connectivity index (χ4v) is 2.32. The van der Waals surface area contributed by atoms with Crippen molar-refractivity contribution in [3.05, 3.63) is 36.0 Å². The molecule has 3 rings (SSSR count). The van der Waals surface area contributed by atoms with E-state index in [4.69, 9.17) is 0 Å². The first kappa shape index (κ1) is 9.91. The van der Waals surface area contributed by atoms with Gasteiger partial charge in [0.25, 0.3) is 0 Å². The van der Waals surface area contributed by atoms with Gasteiger partial charge < -0.3 is 9.88 Å². The van der Waals surface area contributed by atoms with Gasteiger partial charge in [0.2, 0.25) is 0 Å². The Morgan fingerprint density at radius 2 is 2.12 bits per heavy atom. The van der Waals surface area contributed by atoms with Crippen LogP contribution in [0.2, 0.25) is 0 Å². The van der Waals surface area contributed by atoms with E-state index in [2.05, 4.69) is 47.4 Å². The van der Waals surface area contributed by atoms with Crippen molar-refractivity contribution in [2.45, 2.75) is 25.3 Å². The summed E-state index contributed by atoms with van der Waals surface area (Å²) in [5.41, 5.74) is 2.80. The van der Waals surface area contributed by atoms with Crippen molar-refractivity contribution >= 4 is 10.9 Å². The zero-order valence-electron chi connectivity index (χ0n) is 9.74. The van der Waals surface area contributed by atoms with E-state index in [0.29, 0.717) is 0 Å². The Morgan fingerprint density at radius 3 is 2.94 bits per heavy atom. The number of fused-ring (bicyclic) bond motifs is 1. The van der Waals surface area contributed by atoms with Gasteiger partial charge in [-0.1, -0.05) is 18.2 Å². The average Bonchev–Trinajstić information content (AvgIpc) is 3.06. The number of hydrogen-bond acceptors (Lipinski definition) is 1. The highest BCUT2D eigenvalue weighted by Crippen LogP contribution is 2.21. The first-order valence-electron chi connectivity index (χ1n) is 6.11. The minimum absolute atomic E-state index is 0.815. The lowest BCUT2D eigenvalue weighted by atomic mass is 10.1. The highest BCUT2D eigenvalue weighted by molar-refractivity contribution is 5.83. The predicted octanol–water partition coefficient (Wildman–Crippen LogP) is 2.47. The molecule has 1 fully saturated rings. The zero-order valence-corrected chi connectivity index (χ0v) is 9.74. The Bertz CT molecular complexity index is 494. The fourth-order valence-electron chi connectivity index (χ4n) is 2.32. The van der Waals surface area contributed by atoms with Crippen molar-refractivity contribution in [1.29, 1.82) is 0 Å². The van der Waals surface area contributed by atoms with Crippen LogP contribution in [0.15, 0.2) is 30.5 Å². The average molecular weight is 214 g/mol. The van der Waals surface area contributed by atoms with Gasteiger partial charge in [0, 0.05) is 30.2 Å². The summed E-state index contributed by atoms with van der Waals surface area (Å²) in [4.78, 5) is 0. The van der Waals surface area contributed by atoms with E-state index in [1.165, 1.54) is 29.3 Å². The van der Waals surface area contributed by atoms with Gasteiger partial charge in [-0.05, 0) is 37.4 Å². The molecule has 0 saturated heterocycles. The monoisotopic (exact) mass is 214 g/mol. The van der Waals surface area contributed by atoms with Crippen LogP contribution in [0.4, 0.5) is 0 Å². The molecular weight excluding hydrogens is 196 g/mol. The molecule has 1 saturated carbocycles. The van der Waals surface area contributed by atoms with Crippen LogP contribution in [0, 0.1) is 0 Å². The molecule has 1 aromatic heterocycles. The molecule has 0 unspecified atom stereocenters. The number of nitrogens with zero attached hydrogens (tertiary/aromatic N) is 1. The molecule has 0 radical (unpaired) electrons. The number of nitrogens with one attached hydrogen (secondary N) is 1. The van der Waals surface area contributed by atoms with Crippen LogP contribution >= 0.6 is 0 Å². The van der Waals surface area contributed by atoms with Crippen LogP contribution in [0.1, 0.15) is 18.4 Å². The Hall–Kier alpha value is -1.28. The second kappa shape index (κ2) is 3.95. The Morgan fingerprint density at radius 1 is 1.31 bits per heavy atom. The number of aryl methyl sites for hydroxylation is 1. The molecule has 2 aromatic rings. The van der Waals surface area contributed by atoms with Crippen LogP contribution in [-0.4, -0.2) is 17.2 Å². The highest BCUT2D eigenvalue weighted by atomic mass is 14.9. The highest BCUT2D eigenvalue weighted by Gasteiger charge is 2.19. The molecule has 0 aliphatic heterocycles. The van der Waals surface area contributed by atoms with Crippen LogP contribution in [0.3, 0.4) is 0 Å². The molecule has 1 heterocycles. The molecule has 0 spiro atoms. The van der Waals surface area contributed by atoms with Crippen molar-refractivity contribution in [3.63, 3.8) is 0 Å². The van der Waals surface area contributed by atoms with E-state index in [-0.39, 0.29) is 0 Å². The summed E-state index contributed by atoms with van der Waals surface area (Å²) in [6, 6.07) is 9.46. The van der Waals surface area contributed by atoms with Gasteiger partial charge in [-0.15, -0.1) is 0 Å². The SMILES string of the molecule is Cn1cc(CCNC2CC2)c2ccccc21. The minimum Gasteiger partial charge on any atom is -0.350 e. The molecule has 1 N–H and O–H groups in total. The lowest BCUT2D eigenvalue weighted by molar-refractivity contribution is 0.682. The van der Waals surface area contributed by atoms with Crippen molar-refractivity contribution in [2.75, 3.05) is 6.54 Å². The van der Waals surface area contributed by atoms with Gasteiger partial charge in [-0.3, -0.25) is 0 Å². The Kier molecular flexibility index (Phi) is 2.44. The summed E-state index contributed by atoms with van der Waals surface area (Å²) in [6.07, 6.45) is 6.14. The van der Waals surface area contributed by atoms with E-state index in [9.17, 15) is 0 Å². The summed E-state index contributed by atoms with van der Waals surface area (Å²) < 4.78 is 2.22. The van der Waals surface area contributed by atoms with Crippen molar-refractivity contribution in [3.8, 4) is 0 Å². The fraction of sp³-hybridized carbons (Fsp3) is 0.429. The van der Waals surface area contributed by atoms with Gasteiger partial charge in [0.15, 0.2) is 0 Å². The number of para-hydroxylation sites is 1. The minimum atomic E-state index is 0.815. The lowest BCUT2D eigenvalue weighted by Gasteiger charge is -2.01. The predicted molar refractivity (Wildman–Crippen MR) is 67.6 cm³/mol. The summed E-state index contributed by atoms with van der Waals surface area (Å²) in [6.45, 7) is 1.11. The molecule has 2 heteroatoms. The maximum Gasteiger partial charge on any atom is 0.0480 e. The number of rotatable bonds is 4. The van der Waals surface area contributed by atoms with E-state index >= 15 is 0 Å². The molecule has 1 aliphatic carbocycles. The Balaban J connectivity index is 1.79. The largest absolute Gasteiger partial charge is 0.350 e. The first-order valence-corrected chi connectivity index (χ1v) is 6.11. The van der Waals surface area contributed by atoms with Crippen LogP contribution in [0.5, 0.6) is 0 Å². The standard InChI is InChI=1S/C14H18N2/c1-16-10-11(8-9-15-12-6-7-12)13-4-2-3-5-14(13)16/h2-5,10,12,15H,6-9H2,1H3. The van der Waals surface area contributed by atoms with Gasteiger partial charge in [0.1, 0.15) is 0 Å². The smallest absolute Gasteiger partial charge is 0.0480 e. The van der Waals surface area contributed by atoms with Crippen molar-refractivity contribution in [2.24, 2.45) is 7.05 Å². The summed E-state index contributed by atoms with van der Waals surface area (Å²) >= 11 is 0. The van der Waals surface area contributed by atoms with E-state index < -0.39 is 0 Å². The maximum absolute atomic E-state index is 3.57. The maximum atomic E-state index is 3.57. The number of hydrogen-bond donors (Lipinski definition) is 1.